The summed E-state index contributed by atoms with van der Waals surface area (Å²) in [7, 11) is 0. The van der Waals surface area contributed by atoms with Gasteiger partial charge in [-0.2, -0.15) is 0 Å². The molecule has 2 bridgehead atoms. The van der Waals surface area contributed by atoms with Crippen LogP contribution in [0.25, 0.3) is 0 Å². The van der Waals surface area contributed by atoms with Crippen molar-refractivity contribution in [3.63, 3.8) is 0 Å². The van der Waals surface area contributed by atoms with Crippen molar-refractivity contribution in [2.75, 3.05) is 13.1 Å². The Labute approximate surface area is 106 Å². The maximum Gasteiger partial charge on any atom is 0.00728 e. The highest BCUT2D eigenvalue weighted by molar-refractivity contribution is 4.92. The Kier molecular flexibility index (Phi) is 3.45. The largest absolute Gasteiger partial charge is 0.311 e. The maximum absolute atomic E-state index is 3.75. The Morgan fingerprint density at radius 3 is 2.35 bits per heavy atom. The maximum atomic E-state index is 3.75. The van der Waals surface area contributed by atoms with E-state index in [1.165, 1.54) is 51.6 Å². The summed E-state index contributed by atoms with van der Waals surface area (Å²) in [4.78, 5) is 2.73. The van der Waals surface area contributed by atoms with Gasteiger partial charge in [-0.25, -0.2) is 0 Å². The standard InChI is InChI=1S/C15H28N2/c1-11-7-12(2)17(10-11)6-5-13-8-14-3-4-15(9-13)16-14/h11-16H,3-10H2,1-2H3. The van der Waals surface area contributed by atoms with Crippen LogP contribution in [0.4, 0.5) is 0 Å². The third kappa shape index (κ3) is 2.68. The fourth-order valence-electron chi connectivity index (χ4n) is 4.46. The quantitative estimate of drug-likeness (QED) is 0.810. The van der Waals surface area contributed by atoms with Crippen molar-refractivity contribution in [1.82, 2.24) is 10.2 Å². The van der Waals surface area contributed by atoms with Crippen LogP contribution in [0, 0.1) is 11.8 Å². The average molecular weight is 236 g/mol. The molecule has 0 saturated carbocycles. The van der Waals surface area contributed by atoms with Crippen molar-refractivity contribution in [3.05, 3.63) is 0 Å². The number of likely N-dealkylation sites (tertiary alicyclic amines) is 1. The van der Waals surface area contributed by atoms with Crippen LogP contribution in [-0.2, 0) is 0 Å². The van der Waals surface area contributed by atoms with Gasteiger partial charge in [-0.1, -0.05) is 6.92 Å². The molecular weight excluding hydrogens is 208 g/mol. The minimum absolute atomic E-state index is 0.837. The summed E-state index contributed by atoms with van der Waals surface area (Å²) in [6, 6.07) is 2.57. The lowest BCUT2D eigenvalue weighted by molar-refractivity contribution is 0.212. The van der Waals surface area contributed by atoms with Crippen LogP contribution in [-0.4, -0.2) is 36.1 Å². The molecule has 3 saturated heterocycles. The molecule has 3 rings (SSSR count). The molecule has 0 aromatic carbocycles. The van der Waals surface area contributed by atoms with E-state index in [-0.39, 0.29) is 0 Å². The van der Waals surface area contributed by atoms with Gasteiger partial charge in [-0.05, 0) is 63.8 Å². The Morgan fingerprint density at radius 2 is 1.76 bits per heavy atom. The summed E-state index contributed by atoms with van der Waals surface area (Å²) in [5, 5.41) is 3.75. The molecule has 4 unspecified atom stereocenters. The van der Waals surface area contributed by atoms with Gasteiger partial charge in [0.2, 0.25) is 0 Å². The first-order chi connectivity index (χ1) is 8.20. The van der Waals surface area contributed by atoms with Crippen LogP contribution >= 0.6 is 0 Å². The Bertz CT molecular complexity index is 254. The number of hydrogen-bond donors (Lipinski definition) is 1. The molecule has 1 N–H and O–H groups in total. The molecule has 0 amide bonds. The van der Waals surface area contributed by atoms with E-state index in [1.807, 2.05) is 0 Å². The van der Waals surface area contributed by atoms with Crippen LogP contribution < -0.4 is 5.32 Å². The predicted molar refractivity (Wildman–Crippen MR) is 72.1 cm³/mol. The molecule has 98 valence electrons. The number of piperidine rings is 1. The minimum atomic E-state index is 0.837. The zero-order valence-corrected chi connectivity index (χ0v) is 11.5. The lowest BCUT2D eigenvalue weighted by Gasteiger charge is -2.31. The summed E-state index contributed by atoms with van der Waals surface area (Å²) < 4.78 is 0. The molecule has 4 atom stereocenters. The summed E-state index contributed by atoms with van der Waals surface area (Å²) in [5.74, 6) is 1.94. The molecule has 3 aliphatic heterocycles. The van der Waals surface area contributed by atoms with Gasteiger partial charge in [0.1, 0.15) is 0 Å². The van der Waals surface area contributed by atoms with E-state index < -0.39 is 0 Å². The number of nitrogens with one attached hydrogen (secondary N) is 1. The van der Waals surface area contributed by atoms with E-state index in [0.29, 0.717) is 0 Å². The summed E-state index contributed by atoms with van der Waals surface area (Å²) in [6.07, 6.45) is 8.66. The lowest BCUT2D eigenvalue weighted by Crippen LogP contribution is -2.39. The molecule has 0 radical (unpaired) electrons. The zero-order chi connectivity index (χ0) is 11.8. The van der Waals surface area contributed by atoms with E-state index in [9.17, 15) is 0 Å². The summed E-state index contributed by atoms with van der Waals surface area (Å²) in [5.41, 5.74) is 0. The first-order valence-corrected chi connectivity index (χ1v) is 7.71. The van der Waals surface area contributed by atoms with Crippen molar-refractivity contribution < 1.29 is 0 Å². The van der Waals surface area contributed by atoms with Gasteiger partial charge in [-0.3, -0.25) is 0 Å². The van der Waals surface area contributed by atoms with Crippen LogP contribution in [0.1, 0.15) is 52.4 Å². The minimum Gasteiger partial charge on any atom is -0.311 e. The first kappa shape index (κ1) is 12.0. The van der Waals surface area contributed by atoms with Gasteiger partial charge in [0.05, 0.1) is 0 Å². The second-order valence-electron chi connectivity index (χ2n) is 6.95. The van der Waals surface area contributed by atoms with Crippen LogP contribution in [0.2, 0.25) is 0 Å². The van der Waals surface area contributed by atoms with E-state index in [1.54, 1.807) is 0 Å². The van der Waals surface area contributed by atoms with Gasteiger partial charge >= 0.3 is 0 Å². The summed E-state index contributed by atoms with van der Waals surface area (Å²) >= 11 is 0. The first-order valence-electron chi connectivity index (χ1n) is 7.71. The van der Waals surface area contributed by atoms with Crippen molar-refractivity contribution in [1.29, 1.82) is 0 Å². The molecule has 3 heterocycles. The average Bonchev–Trinajstić information content (AvgIpc) is 2.79. The zero-order valence-electron chi connectivity index (χ0n) is 11.5. The molecule has 0 aromatic rings. The number of rotatable bonds is 3. The third-order valence-corrected chi connectivity index (χ3v) is 5.31. The Balaban J connectivity index is 1.45. The topological polar surface area (TPSA) is 15.3 Å². The fraction of sp³-hybridized carbons (Fsp3) is 1.00. The van der Waals surface area contributed by atoms with E-state index in [4.69, 9.17) is 0 Å². The SMILES string of the molecule is CC1CC(C)N(CCC2CC3CCC(C2)N3)C1. The highest BCUT2D eigenvalue weighted by Gasteiger charge is 2.34. The molecule has 0 spiro atoms. The van der Waals surface area contributed by atoms with Gasteiger partial charge < -0.3 is 10.2 Å². The van der Waals surface area contributed by atoms with Gasteiger partial charge in [0.15, 0.2) is 0 Å². The molecule has 17 heavy (non-hydrogen) atoms. The monoisotopic (exact) mass is 236 g/mol. The second-order valence-corrected chi connectivity index (χ2v) is 6.95. The molecule has 3 fully saturated rings. The predicted octanol–water partition coefficient (Wildman–Crippen LogP) is 2.64. The normalized spacial score (nSPS) is 46.6. The summed E-state index contributed by atoms with van der Waals surface area (Å²) in [6.45, 7) is 7.52. The smallest absolute Gasteiger partial charge is 0.00728 e. The highest BCUT2D eigenvalue weighted by atomic mass is 15.2. The number of fused-ring (bicyclic) bond motifs is 2. The van der Waals surface area contributed by atoms with Crippen LogP contribution in [0.15, 0.2) is 0 Å². The van der Waals surface area contributed by atoms with Crippen LogP contribution in [0.5, 0.6) is 0 Å². The number of nitrogens with zero attached hydrogens (tertiary/aromatic N) is 1. The fourth-order valence-corrected chi connectivity index (χ4v) is 4.46. The van der Waals surface area contributed by atoms with E-state index >= 15 is 0 Å². The molecule has 2 nitrogen and oxygen atoms in total. The van der Waals surface area contributed by atoms with E-state index in [2.05, 4.69) is 24.1 Å². The van der Waals surface area contributed by atoms with Gasteiger partial charge in [0.25, 0.3) is 0 Å². The molecule has 3 aliphatic rings. The molecule has 0 aromatic heterocycles. The number of hydrogen-bond acceptors (Lipinski definition) is 2. The van der Waals surface area contributed by atoms with Crippen LogP contribution in [0.3, 0.4) is 0 Å². The Morgan fingerprint density at radius 1 is 1.06 bits per heavy atom. The van der Waals surface area contributed by atoms with Crippen molar-refractivity contribution >= 4 is 0 Å². The molecule has 0 aliphatic carbocycles. The van der Waals surface area contributed by atoms with Crippen molar-refractivity contribution in [2.24, 2.45) is 11.8 Å². The van der Waals surface area contributed by atoms with Crippen molar-refractivity contribution in [3.8, 4) is 0 Å². The third-order valence-electron chi connectivity index (χ3n) is 5.31. The highest BCUT2D eigenvalue weighted by Crippen LogP contribution is 2.33. The second kappa shape index (κ2) is 4.89. The van der Waals surface area contributed by atoms with Gasteiger partial charge in [-0.15, -0.1) is 0 Å². The molecular formula is C15H28N2. The molecule has 2 heteroatoms. The van der Waals surface area contributed by atoms with Crippen molar-refractivity contribution in [2.45, 2.75) is 70.5 Å². The van der Waals surface area contributed by atoms with Gasteiger partial charge in [0, 0.05) is 24.7 Å². The Hall–Kier alpha value is -0.0800. The lowest BCUT2D eigenvalue weighted by atomic mass is 9.89. The van der Waals surface area contributed by atoms with E-state index in [0.717, 1.165) is 30.0 Å².